The number of imidazole rings is 1. The van der Waals surface area contributed by atoms with E-state index in [1.165, 1.54) is 0 Å². The van der Waals surface area contributed by atoms with Gasteiger partial charge in [0, 0.05) is 13.1 Å². The minimum atomic E-state index is -0.877. The number of carboxylic acid groups (broad SMARTS) is 1. The molecule has 1 aromatic heterocycles. The van der Waals surface area contributed by atoms with Crippen LogP contribution in [-0.4, -0.2) is 26.5 Å². The lowest BCUT2D eigenvalue weighted by molar-refractivity contribution is -0.152. The predicted molar refractivity (Wildman–Crippen MR) is 101 cm³/mol. The van der Waals surface area contributed by atoms with Gasteiger partial charge in [0.05, 0.1) is 29.2 Å². The van der Waals surface area contributed by atoms with Gasteiger partial charge in [-0.05, 0) is 36.1 Å². The number of aromatic nitrogens is 2. The molecule has 1 saturated carbocycles. The molecule has 2 N–H and O–H groups in total. The number of amides is 1. The fraction of sp³-hybridized carbons (Fsp3) is 0.286. The SMILES string of the molecule is O=C(O)C1CCC1C(=O)NCc1ccc(Cn2cnc3ccccc32)cc1. The molecule has 4 rings (SSSR count). The average molecular weight is 363 g/mol. The Hall–Kier alpha value is -3.15. The Morgan fingerprint density at radius 3 is 2.44 bits per heavy atom. The molecule has 0 spiro atoms. The number of nitrogens with zero attached hydrogens (tertiary/aromatic N) is 2. The predicted octanol–water partition coefficient (Wildman–Crippen LogP) is 2.81. The number of rotatable bonds is 6. The van der Waals surface area contributed by atoms with Gasteiger partial charge in [0.25, 0.3) is 0 Å². The molecule has 138 valence electrons. The van der Waals surface area contributed by atoms with Gasteiger partial charge in [0.1, 0.15) is 0 Å². The molecule has 3 aromatic rings. The first kappa shape index (κ1) is 17.3. The lowest BCUT2D eigenvalue weighted by Crippen LogP contribution is -2.43. The quantitative estimate of drug-likeness (QED) is 0.705. The molecule has 1 aliphatic carbocycles. The van der Waals surface area contributed by atoms with Gasteiger partial charge in [0.2, 0.25) is 5.91 Å². The number of aliphatic carboxylic acids is 1. The molecule has 0 radical (unpaired) electrons. The maximum Gasteiger partial charge on any atom is 0.307 e. The van der Waals surface area contributed by atoms with E-state index in [2.05, 4.69) is 20.9 Å². The third-order valence-corrected chi connectivity index (χ3v) is 5.30. The van der Waals surface area contributed by atoms with E-state index in [-0.39, 0.29) is 5.91 Å². The van der Waals surface area contributed by atoms with Crippen LogP contribution in [0, 0.1) is 11.8 Å². The van der Waals surface area contributed by atoms with Crippen LogP contribution in [0.15, 0.2) is 54.9 Å². The Bertz CT molecular complexity index is 978. The smallest absolute Gasteiger partial charge is 0.307 e. The highest BCUT2D eigenvalue weighted by atomic mass is 16.4. The highest BCUT2D eigenvalue weighted by Gasteiger charge is 2.41. The van der Waals surface area contributed by atoms with Crippen molar-refractivity contribution in [2.75, 3.05) is 0 Å². The zero-order valence-electron chi connectivity index (χ0n) is 14.8. The Labute approximate surface area is 156 Å². The van der Waals surface area contributed by atoms with Crippen molar-refractivity contribution < 1.29 is 14.7 Å². The van der Waals surface area contributed by atoms with Gasteiger partial charge in [0.15, 0.2) is 0 Å². The van der Waals surface area contributed by atoms with Gasteiger partial charge in [-0.3, -0.25) is 9.59 Å². The number of hydrogen-bond donors (Lipinski definition) is 2. The number of fused-ring (bicyclic) bond motifs is 1. The number of nitrogens with one attached hydrogen (secondary N) is 1. The first-order valence-corrected chi connectivity index (χ1v) is 9.10. The van der Waals surface area contributed by atoms with Gasteiger partial charge < -0.3 is 15.0 Å². The molecule has 0 saturated heterocycles. The van der Waals surface area contributed by atoms with Crippen LogP contribution in [-0.2, 0) is 22.7 Å². The minimum Gasteiger partial charge on any atom is -0.481 e. The number of carbonyl (C=O) groups excluding carboxylic acids is 1. The van der Waals surface area contributed by atoms with Crippen molar-refractivity contribution in [3.63, 3.8) is 0 Å². The molecule has 6 nitrogen and oxygen atoms in total. The largest absolute Gasteiger partial charge is 0.481 e. The fourth-order valence-electron chi connectivity index (χ4n) is 3.53. The normalized spacial score (nSPS) is 18.8. The second-order valence-electron chi connectivity index (χ2n) is 7.02. The van der Waals surface area contributed by atoms with E-state index in [1.807, 2.05) is 48.8 Å². The van der Waals surface area contributed by atoms with E-state index in [0.717, 1.165) is 28.7 Å². The van der Waals surface area contributed by atoms with Crippen molar-refractivity contribution in [2.45, 2.75) is 25.9 Å². The van der Waals surface area contributed by atoms with Crippen molar-refractivity contribution >= 4 is 22.9 Å². The maximum atomic E-state index is 12.1. The van der Waals surface area contributed by atoms with Crippen molar-refractivity contribution in [3.8, 4) is 0 Å². The summed E-state index contributed by atoms with van der Waals surface area (Å²) < 4.78 is 2.11. The molecule has 27 heavy (non-hydrogen) atoms. The van der Waals surface area contributed by atoms with E-state index in [9.17, 15) is 9.59 Å². The molecule has 1 fully saturated rings. The molecular formula is C21H21N3O3. The van der Waals surface area contributed by atoms with Crippen molar-refractivity contribution in [1.82, 2.24) is 14.9 Å². The molecule has 1 amide bonds. The van der Waals surface area contributed by atoms with Crippen LogP contribution in [0.1, 0.15) is 24.0 Å². The van der Waals surface area contributed by atoms with Crippen LogP contribution in [0.2, 0.25) is 0 Å². The van der Waals surface area contributed by atoms with Crippen molar-refractivity contribution in [2.24, 2.45) is 11.8 Å². The van der Waals surface area contributed by atoms with Crippen molar-refractivity contribution in [3.05, 3.63) is 66.0 Å². The topological polar surface area (TPSA) is 84.2 Å². The van der Waals surface area contributed by atoms with Gasteiger partial charge in [-0.1, -0.05) is 36.4 Å². The Morgan fingerprint density at radius 1 is 1.04 bits per heavy atom. The summed E-state index contributed by atoms with van der Waals surface area (Å²) in [5.74, 6) is -1.96. The summed E-state index contributed by atoms with van der Waals surface area (Å²) in [5.41, 5.74) is 4.22. The lowest BCUT2D eigenvalue weighted by atomic mass is 9.73. The zero-order valence-corrected chi connectivity index (χ0v) is 14.8. The van der Waals surface area contributed by atoms with Crippen LogP contribution < -0.4 is 5.32 Å². The van der Waals surface area contributed by atoms with Gasteiger partial charge >= 0.3 is 5.97 Å². The van der Waals surface area contributed by atoms with Crippen LogP contribution in [0.3, 0.4) is 0 Å². The zero-order chi connectivity index (χ0) is 18.8. The summed E-state index contributed by atoms with van der Waals surface area (Å²) in [4.78, 5) is 27.6. The summed E-state index contributed by atoms with van der Waals surface area (Å²) in [5, 5.41) is 11.9. The molecular weight excluding hydrogens is 342 g/mol. The molecule has 0 aliphatic heterocycles. The standard InChI is InChI=1S/C21H21N3O3/c25-20(16-9-10-17(16)21(26)27)22-11-14-5-7-15(8-6-14)12-24-13-23-18-3-1-2-4-19(18)24/h1-8,13,16-17H,9-12H2,(H,22,25)(H,26,27). The van der Waals surface area contributed by atoms with Crippen LogP contribution in [0.25, 0.3) is 11.0 Å². The van der Waals surface area contributed by atoms with E-state index >= 15 is 0 Å². The Balaban J connectivity index is 1.35. The van der Waals surface area contributed by atoms with Gasteiger partial charge in [-0.15, -0.1) is 0 Å². The second-order valence-corrected chi connectivity index (χ2v) is 7.02. The van der Waals surface area contributed by atoms with E-state index in [4.69, 9.17) is 5.11 Å². The molecule has 1 heterocycles. The third-order valence-electron chi connectivity index (χ3n) is 5.30. The highest BCUT2D eigenvalue weighted by Crippen LogP contribution is 2.34. The first-order chi connectivity index (χ1) is 13.1. The van der Waals surface area contributed by atoms with E-state index in [0.29, 0.717) is 19.4 Å². The monoisotopic (exact) mass is 363 g/mol. The number of carboxylic acids is 1. The summed E-state index contributed by atoms with van der Waals surface area (Å²) in [6, 6.07) is 16.1. The minimum absolute atomic E-state index is 0.164. The van der Waals surface area contributed by atoms with Gasteiger partial charge in [-0.25, -0.2) is 4.98 Å². The molecule has 6 heteroatoms. The van der Waals surface area contributed by atoms with E-state index < -0.39 is 17.8 Å². The van der Waals surface area contributed by atoms with Crippen LogP contribution in [0.5, 0.6) is 0 Å². The van der Waals surface area contributed by atoms with Crippen LogP contribution >= 0.6 is 0 Å². The van der Waals surface area contributed by atoms with Crippen LogP contribution in [0.4, 0.5) is 0 Å². The summed E-state index contributed by atoms with van der Waals surface area (Å²) >= 11 is 0. The summed E-state index contributed by atoms with van der Waals surface area (Å²) in [6.45, 7) is 1.14. The maximum absolute atomic E-state index is 12.1. The lowest BCUT2D eigenvalue weighted by Gasteiger charge is -2.31. The molecule has 0 bridgehead atoms. The second kappa shape index (κ2) is 7.23. The Morgan fingerprint density at radius 2 is 1.74 bits per heavy atom. The molecule has 2 aromatic carbocycles. The number of benzene rings is 2. The van der Waals surface area contributed by atoms with E-state index in [1.54, 1.807) is 0 Å². The van der Waals surface area contributed by atoms with Gasteiger partial charge in [-0.2, -0.15) is 0 Å². The average Bonchev–Trinajstić information content (AvgIpc) is 3.03. The summed E-state index contributed by atoms with van der Waals surface area (Å²) in [6.07, 6.45) is 3.09. The highest BCUT2D eigenvalue weighted by molar-refractivity contribution is 5.86. The Kier molecular flexibility index (Phi) is 4.62. The van der Waals surface area contributed by atoms with Crippen molar-refractivity contribution in [1.29, 1.82) is 0 Å². The summed E-state index contributed by atoms with van der Waals surface area (Å²) in [7, 11) is 0. The molecule has 2 atom stereocenters. The number of para-hydroxylation sites is 2. The first-order valence-electron chi connectivity index (χ1n) is 9.10. The number of carbonyl (C=O) groups is 2. The molecule has 2 unspecified atom stereocenters. The molecule has 1 aliphatic rings. The fourth-order valence-corrected chi connectivity index (χ4v) is 3.53. The number of hydrogen-bond acceptors (Lipinski definition) is 3. The third kappa shape index (κ3) is 3.56.